The van der Waals surface area contributed by atoms with Gasteiger partial charge >= 0.3 is 0 Å². The number of nitrogens with zero attached hydrogens (tertiary/aromatic N) is 3. The Bertz CT molecular complexity index is 624. The summed E-state index contributed by atoms with van der Waals surface area (Å²) in [6.45, 7) is 6.01. The molecule has 3 N–H and O–H groups in total. The van der Waals surface area contributed by atoms with Crippen LogP contribution in [-0.2, 0) is 4.79 Å². The summed E-state index contributed by atoms with van der Waals surface area (Å²) in [5, 5.41) is 3.73. The number of amides is 1. The van der Waals surface area contributed by atoms with Crippen LogP contribution in [-0.4, -0.2) is 55.0 Å². The molecule has 1 unspecified atom stereocenters. The van der Waals surface area contributed by atoms with Gasteiger partial charge in [0.05, 0.1) is 12.1 Å². The van der Waals surface area contributed by atoms with Crippen LogP contribution in [0.3, 0.4) is 0 Å². The quantitative estimate of drug-likeness (QED) is 0.639. The van der Waals surface area contributed by atoms with E-state index in [1.165, 1.54) is 5.69 Å². The minimum absolute atomic E-state index is 0.0999. The third-order valence-corrected chi connectivity index (χ3v) is 4.98. The Morgan fingerprint density at radius 2 is 1.96 bits per heavy atom. The van der Waals surface area contributed by atoms with E-state index in [-0.39, 0.29) is 11.4 Å². The van der Waals surface area contributed by atoms with Gasteiger partial charge in [0, 0.05) is 43.3 Å². The molecule has 1 amide bonds. The van der Waals surface area contributed by atoms with Gasteiger partial charge in [0.15, 0.2) is 5.96 Å². The van der Waals surface area contributed by atoms with Crippen LogP contribution in [0.25, 0.3) is 0 Å². The van der Waals surface area contributed by atoms with Gasteiger partial charge in [-0.15, -0.1) is 0 Å². The second-order valence-corrected chi connectivity index (χ2v) is 7.17. The van der Waals surface area contributed by atoms with Crippen molar-refractivity contribution in [2.45, 2.75) is 25.3 Å². The van der Waals surface area contributed by atoms with Crippen LogP contribution in [0.15, 0.2) is 29.3 Å². The first-order valence-corrected chi connectivity index (χ1v) is 8.69. The number of aliphatic imine (C=N–C) groups is 1. The molecule has 1 aromatic carbocycles. The summed E-state index contributed by atoms with van der Waals surface area (Å²) in [7, 11) is 0. The summed E-state index contributed by atoms with van der Waals surface area (Å²) in [5.74, 6) is 0.663. The van der Waals surface area contributed by atoms with Crippen LogP contribution in [0, 0.1) is 0 Å². The van der Waals surface area contributed by atoms with Crippen LogP contribution >= 0.6 is 11.6 Å². The molecular weight excluding hydrogens is 326 g/mol. The number of benzene rings is 1. The van der Waals surface area contributed by atoms with Gasteiger partial charge in [0.25, 0.3) is 0 Å². The molecule has 130 valence electrons. The van der Waals surface area contributed by atoms with Crippen molar-refractivity contribution < 1.29 is 4.79 Å². The predicted molar refractivity (Wildman–Crippen MR) is 97.5 cm³/mol. The number of rotatable bonds is 3. The zero-order valence-electron chi connectivity index (χ0n) is 14.0. The van der Waals surface area contributed by atoms with Gasteiger partial charge in [-0.1, -0.05) is 11.6 Å². The van der Waals surface area contributed by atoms with Crippen LogP contribution in [0.2, 0.25) is 5.02 Å². The molecule has 2 aliphatic heterocycles. The van der Waals surface area contributed by atoms with E-state index >= 15 is 0 Å². The van der Waals surface area contributed by atoms with Gasteiger partial charge in [-0.05, 0) is 37.6 Å². The smallest absolute Gasteiger partial charge is 0.220 e. The minimum atomic E-state index is -0.257. The Morgan fingerprint density at radius 1 is 1.29 bits per heavy atom. The highest BCUT2D eigenvalue weighted by Crippen LogP contribution is 2.21. The molecule has 1 aromatic rings. The van der Waals surface area contributed by atoms with Crippen molar-refractivity contribution in [1.82, 2.24) is 10.2 Å². The number of guanidine groups is 1. The summed E-state index contributed by atoms with van der Waals surface area (Å²) < 4.78 is 0. The highest BCUT2D eigenvalue weighted by molar-refractivity contribution is 6.30. The monoisotopic (exact) mass is 349 g/mol. The topological polar surface area (TPSA) is 74.0 Å². The van der Waals surface area contributed by atoms with Gasteiger partial charge in [-0.3, -0.25) is 9.79 Å². The fourth-order valence-electron chi connectivity index (χ4n) is 3.17. The van der Waals surface area contributed by atoms with E-state index in [0.29, 0.717) is 18.9 Å². The first kappa shape index (κ1) is 16.9. The van der Waals surface area contributed by atoms with Crippen LogP contribution < -0.4 is 16.0 Å². The molecular formula is C17H24ClN5O. The van der Waals surface area contributed by atoms with Crippen LogP contribution in [0.5, 0.6) is 0 Å². The van der Waals surface area contributed by atoms with E-state index < -0.39 is 0 Å². The Labute approximate surface area is 147 Å². The first-order chi connectivity index (χ1) is 11.5. The van der Waals surface area contributed by atoms with Crippen molar-refractivity contribution in [3.8, 4) is 0 Å². The second-order valence-electron chi connectivity index (χ2n) is 6.73. The molecule has 0 radical (unpaired) electrons. The number of hydrogen-bond acceptors (Lipinski definition) is 3. The lowest BCUT2D eigenvalue weighted by Crippen LogP contribution is -2.52. The molecule has 0 bridgehead atoms. The highest BCUT2D eigenvalue weighted by atomic mass is 35.5. The largest absolute Gasteiger partial charge is 0.370 e. The van der Waals surface area contributed by atoms with E-state index in [2.05, 4.69) is 20.1 Å². The SMILES string of the molecule is CC1(CN=C(N)N2CCN(c3ccc(Cl)cc3)CC2)CCC(=O)N1. The van der Waals surface area contributed by atoms with Crippen LogP contribution in [0.1, 0.15) is 19.8 Å². The maximum Gasteiger partial charge on any atom is 0.220 e. The van der Waals surface area contributed by atoms with Crippen molar-refractivity contribution in [2.75, 3.05) is 37.6 Å². The fourth-order valence-corrected chi connectivity index (χ4v) is 3.30. The molecule has 0 saturated carbocycles. The van der Waals surface area contributed by atoms with E-state index in [1.807, 2.05) is 31.2 Å². The van der Waals surface area contributed by atoms with Crippen molar-refractivity contribution in [3.63, 3.8) is 0 Å². The summed E-state index contributed by atoms with van der Waals surface area (Å²) in [4.78, 5) is 20.3. The first-order valence-electron chi connectivity index (χ1n) is 8.32. The average molecular weight is 350 g/mol. The molecule has 2 aliphatic rings. The molecule has 24 heavy (non-hydrogen) atoms. The third kappa shape index (κ3) is 3.93. The number of nitrogens with one attached hydrogen (secondary N) is 1. The molecule has 2 saturated heterocycles. The maximum atomic E-state index is 11.4. The van der Waals surface area contributed by atoms with E-state index in [1.54, 1.807) is 0 Å². The molecule has 0 aromatic heterocycles. The summed E-state index contributed by atoms with van der Waals surface area (Å²) in [5.41, 5.74) is 7.07. The molecule has 3 rings (SSSR count). The number of hydrogen-bond donors (Lipinski definition) is 2. The highest BCUT2D eigenvalue weighted by Gasteiger charge is 2.33. The zero-order valence-corrected chi connectivity index (χ0v) is 14.7. The standard InChI is InChI=1S/C17H24ClN5O/c1-17(7-6-15(24)21-17)12-20-16(19)23-10-8-22(9-11-23)14-4-2-13(18)3-5-14/h2-5H,6-12H2,1H3,(H2,19,20)(H,21,24). The van der Waals surface area contributed by atoms with Gasteiger partial charge in [-0.25, -0.2) is 0 Å². The zero-order chi connectivity index (χ0) is 17.2. The van der Waals surface area contributed by atoms with Crippen molar-refractivity contribution >= 4 is 29.2 Å². The predicted octanol–water partition coefficient (Wildman–Crippen LogP) is 1.45. The maximum absolute atomic E-state index is 11.4. The Hall–Kier alpha value is -1.95. The normalized spacial score (nSPS) is 25.1. The van der Waals surface area contributed by atoms with Gasteiger partial charge in [0.2, 0.25) is 5.91 Å². The van der Waals surface area contributed by atoms with Crippen LogP contribution in [0.4, 0.5) is 5.69 Å². The summed E-state index contributed by atoms with van der Waals surface area (Å²) in [6.07, 6.45) is 1.39. The summed E-state index contributed by atoms with van der Waals surface area (Å²) >= 11 is 5.94. The molecule has 2 heterocycles. The number of carbonyl (C=O) groups excluding carboxylic acids is 1. The fraction of sp³-hybridized carbons (Fsp3) is 0.529. The molecule has 7 heteroatoms. The van der Waals surface area contributed by atoms with E-state index in [9.17, 15) is 4.79 Å². The molecule has 2 fully saturated rings. The number of piperazine rings is 1. The lowest BCUT2D eigenvalue weighted by atomic mass is 10.0. The minimum Gasteiger partial charge on any atom is -0.370 e. The summed E-state index contributed by atoms with van der Waals surface area (Å²) in [6, 6.07) is 7.91. The second kappa shape index (κ2) is 6.89. The van der Waals surface area contributed by atoms with Crippen molar-refractivity contribution in [3.05, 3.63) is 29.3 Å². The Balaban J connectivity index is 1.53. The lowest BCUT2D eigenvalue weighted by Gasteiger charge is -2.37. The average Bonchev–Trinajstić information content (AvgIpc) is 2.93. The van der Waals surface area contributed by atoms with Gasteiger partial charge < -0.3 is 20.9 Å². The molecule has 0 aliphatic carbocycles. The Kier molecular flexibility index (Phi) is 4.85. The Morgan fingerprint density at radius 3 is 2.54 bits per heavy atom. The van der Waals surface area contributed by atoms with Crippen molar-refractivity contribution in [1.29, 1.82) is 0 Å². The molecule has 1 atom stereocenters. The third-order valence-electron chi connectivity index (χ3n) is 4.73. The number of halogens is 1. The van der Waals surface area contributed by atoms with E-state index in [0.717, 1.165) is 37.6 Å². The molecule has 6 nitrogen and oxygen atoms in total. The van der Waals surface area contributed by atoms with Gasteiger partial charge in [-0.2, -0.15) is 0 Å². The van der Waals surface area contributed by atoms with Crippen molar-refractivity contribution in [2.24, 2.45) is 10.7 Å². The number of anilines is 1. The van der Waals surface area contributed by atoms with E-state index in [4.69, 9.17) is 17.3 Å². The number of carbonyl (C=O) groups is 1. The van der Waals surface area contributed by atoms with Gasteiger partial charge in [0.1, 0.15) is 0 Å². The lowest BCUT2D eigenvalue weighted by molar-refractivity contribution is -0.119. The number of nitrogens with two attached hydrogens (primary N) is 1. The molecule has 0 spiro atoms.